The summed E-state index contributed by atoms with van der Waals surface area (Å²) in [4.78, 5) is 21.0. The number of hydrogen-bond acceptors (Lipinski definition) is 4. The summed E-state index contributed by atoms with van der Waals surface area (Å²) in [6.45, 7) is 7.97. The number of rotatable bonds is 6. The van der Waals surface area contributed by atoms with E-state index in [9.17, 15) is 4.79 Å². The first-order valence-corrected chi connectivity index (χ1v) is 8.05. The molecule has 2 N–H and O–H groups in total. The van der Waals surface area contributed by atoms with E-state index in [0.717, 1.165) is 24.2 Å². The van der Waals surface area contributed by atoms with E-state index in [-0.39, 0.29) is 11.9 Å². The van der Waals surface area contributed by atoms with Gasteiger partial charge < -0.3 is 10.6 Å². The third-order valence-corrected chi connectivity index (χ3v) is 3.72. The molecule has 0 aliphatic rings. The molecular formula is C18H24N4O. The molecule has 0 aliphatic carbocycles. The number of carbonyl (C=O) groups excluding carboxylic acids is 1. The molecule has 1 heterocycles. The summed E-state index contributed by atoms with van der Waals surface area (Å²) < 4.78 is 0. The van der Waals surface area contributed by atoms with E-state index >= 15 is 0 Å². The molecule has 0 saturated carbocycles. The second kappa shape index (κ2) is 7.72. The van der Waals surface area contributed by atoms with Gasteiger partial charge >= 0.3 is 0 Å². The van der Waals surface area contributed by atoms with Crippen LogP contribution in [0.5, 0.6) is 0 Å². The Labute approximate surface area is 137 Å². The molecular weight excluding hydrogens is 288 g/mol. The quantitative estimate of drug-likeness (QED) is 0.855. The minimum atomic E-state index is -0.170. The Balaban J connectivity index is 2.25. The predicted octanol–water partition coefficient (Wildman–Crippen LogP) is 3.62. The monoisotopic (exact) mass is 312 g/mol. The van der Waals surface area contributed by atoms with Crippen molar-refractivity contribution in [2.24, 2.45) is 0 Å². The largest absolute Gasteiger partial charge is 0.348 e. The maximum atomic E-state index is 12.3. The predicted molar refractivity (Wildman–Crippen MR) is 93.1 cm³/mol. The first-order valence-electron chi connectivity index (χ1n) is 8.05. The Hall–Kier alpha value is -2.43. The van der Waals surface area contributed by atoms with Crippen molar-refractivity contribution in [3.05, 3.63) is 47.3 Å². The van der Waals surface area contributed by atoms with Gasteiger partial charge in [-0.2, -0.15) is 0 Å². The van der Waals surface area contributed by atoms with Gasteiger partial charge in [-0.1, -0.05) is 32.0 Å². The molecule has 5 heteroatoms. The molecule has 0 radical (unpaired) electrons. The average Bonchev–Trinajstić information content (AvgIpc) is 2.54. The van der Waals surface area contributed by atoms with Crippen LogP contribution in [0.1, 0.15) is 48.9 Å². The van der Waals surface area contributed by atoms with Crippen LogP contribution >= 0.6 is 0 Å². The number of nitrogens with zero attached hydrogens (tertiary/aromatic N) is 2. The summed E-state index contributed by atoms with van der Waals surface area (Å²) in [6, 6.07) is 9.85. The van der Waals surface area contributed by atoms with Gasteiger partial charge in [0.1, 0.15) is 5.69 Å². The SMILES string of the molecule is CCc1ccccc1Nc1nc(C)cc(C(=O)NC(C)CC)n1. The van der Waals surface area contributed by atoms with E-state index < -0.39 is 0 Å². The van der Waals surface area contributed by atoms with Crippen molar-refractivity contribution in [3.63, 3.8) is 0 Å². The van der Waals surface area contributed by atoms with E-state index in [4.69, 9.17) is 0 Å². The summed E-state index contributed by atoms with van der Waals surface area (Å²) in [5, 5.41) is 6.15. The van der Waals surface area contributed by atoms with Gasteiger partial charge in [-0.3, -0.25) is 4.79 Å². The number of hydrogen-bond donors (Lipinski definition) is 2. The van der Waals surface area contributed by atoms with Gasteiger partial charge in [0.15, 0.2) is 0 Å². The number of anilines is 2. The second-order valence-electron chi connectivity index (χ2n) is 5.64. The summed E-state index contributed by atoms with van der Waals surface area (Å²) in [5.74, 6) is 0.275. The zero-order valence-electron chi connectivity index (χ0n) is 14.2. The maximum absolute atomic E-state index is 12.3. The molecule has 1 aromatic carbocycles. The van der Waals surface area contributed by atoms with E-state index in [1.54, 1.807) is 6.07 Å². The molecule has 0 bridgehead atoms. The maximum Gasteiger partial charge on any atom is 0.270 e. The minimum absolute atomic E-state index is 0.120. The molecule has 1 unspecified atom stereocenters. The molecule has 1 amide bonds. The van der Waals surface area contributed by atoms with Gasteiger partial charge in [-0.25, -0.2) is 9.97 Å². The van der Waals surface area contributed by atoms with E-state index in [1.165, 1.54) is 5.56 Å². The zero-order valence-corrected chi connectivity index (χ0v) is 14.2. The van der Waals surface area contributed by atoms with Crippen LogP contribution in [0.4, 0.5) is 11.6 Å². The van der Waals surface area contributed by atoms with Crippen molar-refractivity contribution in [3.8, 4) is 0 Å². The highest BCUT2D eigenvalue weighted by Crippen LogP contribution is 2.19. The number of amides is 1. The first kappa shape index (κ1) is 16.9. The van der Waals surface area contributed by atoms with Crippen molar-refractivity contribution in [2.45, 2.75) is 46.6 Å². The van der Waals surface area contributed by atoms with E-state index in [0.29, 0.717) is 11.6 Å². The highest BCUT2D eigenvalue weighted by atomic mass is 16.1. The number of carbonyl (C=O) groups is 1. The van der Waals surface area contributed by atoms with Gasteiger partial charge in [0, 0.05) is 17.4 Å². The molecule has 0 fully saturated rings. The fourth-order valence-electron chi connectivity index (χ4n) is 2.21. The lowest BCUT2D eigenvalue weighted by Gasteiger charge is -2.13. The summed E-state index contributed by atoms with van der Waals surface area (Å²) >= 11 is 0. The molecule has 2 aromatic rings. The van der Waals surface area contributed by atoms with Crippen molar-refractivity contribution >= 4 is 17.5 Å². The molecule has 0 saturated heterocycles. The molecule has 122 valence electrons. The van der Waals surface area contributed by atoms with E-state index in [2.05, 4.69) is 33.6 Å². The molecule has 0 spiro atoms. The lowest BCUT2D eigenvalue weighted by molar-refractivity contribution is 0.0934. The highest BCUT2D eigenvalue weighted by molar-refractivity contribution is 5.92. The molecule has 5 nitrogen and oxygen atoms in total. The molecule has 1 aromatic heterocycles. The van der Waals surface area contributed by atoms with Gasteiger partial charge in [-0.15, -0.1) is 0 Å². The Morgan fingerprint density at radius 3 is 2.65 bits per heavy atom. The Morgan fingerprint density at radius 1 is 1.22 bits per heavy atom. The molecule has 23 heavy (non-hydrogen) atoms. The Morgan fingerprint density at radius 2 is 1.96 bits per heavy atom. The van der Waals surface area contributed by atoms with Crippen LogP contribution in [0, 0.1) is 6.92 Å². The van der Waals surface area contributed by atoms with Gasteiger partial charge in [0.2, 0.25) is 5.95 Å². The smallest absolute Gasteiger partial charge is 0.270 e. The van der Waals surface area contributed by atoms with Crippen LogP contribution in [-0.2, 0) is 6.42 Å². The molecule has 0 aliphatic heterocycles. The number of benzene rings is 1. The first-order chi connectivity index (χ1) is 11.0. The van der Waals surface area contributed by atoms with Crippen molar-refractivity contribution in [1.29, 1.82) is 0 Å². The number of aromatic nitrogens is 2. The van der Waals surface area contributed by atoms with Gasteiger partial charge in [0.25, 0.3) is 5.91 Å². The highest BCUT2D eigenvalue weighted by Gasteiger charge is 2.13. The lowest BCUT2D eigenvalue weighted by Crippen LogP contribution is -2.32. The summed E-state index contributed by atoms with van der Waals surface area (Å²) in [7, 11) is 0. The van der Waals surface area contributed by atoms with Crippen molar-refractivity contribution < 1.29 is 4.79 Å². The lowest BCUT2D eigenvalue weighted by atomic mass is 10.1. The number of nitrogens with one attached hydrogen (secondary N) is 2. The fourth-order valence-corrected chi connectivity index (χ4v) is 2.21. The van der Waals surface area contributed by atoms with E-state index in [1.807, 2.05) is 39.0 Å². The Kier molecular flexibility index (Phi) is 5.68. The van der Waals surface area contributed by atoms with Crippen molar-refractivity contribution in [1.82, 2.24) is 15.3 Å². The zero-order chi connectivity index (χ0) is 16.8. The third-order valence-electron chi connectivity index (χ3n) is 3.72. The van der Waals surface area contributed by atoms with Crippen LogP contribution in [-0.4, -0.2) is 21.9 Å². The fraction of sp³-hybridized carbons (Fsp3) is 0.389. The van der Waals surface area contributed by atoms with Gasteiger partial charge in [0.05, 0.1) is 0 Å². The summed E-state index contributed by atoms with van der Waals surface area (Å²) in [5.41, 5.74) is 3.29. The third kappa shape index (κ3) is 4.52. The topological polar surface area (TPSA) is 66.9 Å². The second-order valence-corrected chi connectivity index (χ2v) is 5.64. The van der Waals surface area contributed by atoms with Crippen LogP contribution in [0.25, 0.3) is 0 Å². The van der Waals surface area contributed by atoms with Crippen molar-refractivity contribution in [2.75, 3.05) is 5.32 Å². The van der Waals surface area contributed by atoms with Gasteiger partial charge in [-0.05, 0) is 44.4 Å². The summed E-state index contributed by atoms with van der Waals surface area (Å²) in [6.07, 6.45) is 1.79. The standard InChI is InChI=1S/C18H24N4O/c1-5-12(3)19-17(23)16-11-13(4)20-18(22-16)21-15-10-8-7-9-14(15)6-2/h7-12H,5-6H2,1-4H3,(H,19,23)(H,20,21,22). The molecule has 2 rings (SSSR count). The Bertz CT molecular complexity index is 684. The minimum Gasteiger partial charge on any atom is -0.348 e. The normalized spacial score (nSPS) is 11.8. The average molecular weight is 312 g/mol. The van der Waals surface area contributed by atoms with Crippen LogP contribution in [0.3, 0.4) is 0 Å². The van der Waals surface area contributed by atoms with Crippen LogP contribution in [0.2, 0.25) is 0 Å². The number of aryl methyl sites for hydroxylation is 2. The molecule has 1 atom stereocenters. The van der Waals surface area contributed by atoms with Crippen LogP contribution < -0.4 is 10.6 Å². The van der Waals surface area contributed by atoms with Crippen LogP contribution in [0.15, 0.2) is 30.3 Å². The number of para-hydroxylation sites is 1.